The molecule has 0 radical (unpaired) electrons. The number of carbonyl (C=O) groups excluding carboxylic acids is 1. The molecule has 2 aromatic carbocycles. The summed E-state index contributed by atoms with van der Waals surface area (Å²) in [4.78, 5) is 12.0. The smallest absolute Gasteiger partial charge is 0.255 e. The summed E-state index contributed by atoms with van der Waals surface area (Å²) in [5.74, 6) is 0.402. The van der Waals surface area contributed by atoms with Crippen molar-refractivity contribution in [1.82, 2.24) is 0 Å². The minimum Gasteiger partial charge on any atom is -0.508 e. The summed E-state index contributed by atoms with van der Waals surface area (Å²) >= 11 is 0. The van der Waals surface area contributed by atoms with Gasteiger partial charge in [-0.15, -0.1) is 0 Å². The molecule has 0 aromatic heterocycles. The fourth-order valence-electron chi connectivity index (χ4n) is 1.69. The van der Waals surface area contributed by atoms with Crippen molar-refractivity contribution in [2.24, 2.45) is 5.73 Å². The molecule has 0 unspecified atom stereocenters. The van der Waals surface area contributed by atoms with Crippen LogP contribution in [0.25, 0.3) is 0 Å². The zero-order valence-electron chi connectivity index (χ0n) is 10.9. The highest BCUT2D eigenvalue weighted by Crippen LogP contribution is 2.19. The largest absolute Gasteiger partial charge is 0.508 e. The number of amides is 1. The van der Waals surface area contributed by atoms with E-state index in [4.69, 9.17) is 10.5 Å². The quantitative estimate of drug-likeness (QED) is 0.777. The lowest BCUT2D eigenvalue weighted by molar-refractivity contribution is 0.102. The van der Waals surface area contributed by atoms with Crippen molar-refractivity contribution in [2.75, 3.05) is 18.5 Å². The summed E-state index contributed by atoms with van der Waals surface area (Å²) in [6.45, 7) is 0.851. The third-order valence-electron chi connectivity index (χ3n) is 2.59. The highest BCUT2D eigenvalue weighted by atomic mass is 16.5. The number of phenolic OH excluding ortho intramolecular Hbond substituents is 1. The van der Waals surface area contributed by atoms with Crippen LogP contribution in [0.1, 0.15) is 10.4 Å². The average Bonchev–Trinajstić information content (AvgIpc) is 2.45. The normalized spacial score (nSPS) is 10.1. The molecule has 0 aliphatic rings. The predicted molar refractivity (Wildman–Crippen MR) is 77.1 cm³/mol. The van der Waals surface area contributed by atoms with Gasteiger partial charge in [0, 0.05) is 23.9 Å². The number of nitrogens with two attached hydrogens (primary N) is 1. The van der Waals surface area contributed by atoms with Crippen LogP contribution >= 0.6 is 0 Å². The molecular weight excluding hydrogens is 256 g/mol. The third kappa shape index (κ3) is 3.73. The predicted octanol–water partition coefficient (Wildman–Crippen LogP) is 1.98. The molecule has 0 aliphatic heterocycles. The van der Waals surface area contributed by atoms with Crippen LogP contribution in [0, 0.1) is 0 Å². The zero-order chi connectivity index (χ0) is 14.4. The monoisotopic (exact) mass is 272 g/mol. The van der Waals surface area contributed by atoms with Crippen LogP contribution in [0.4, 0.5) is 5.69 Å². The van der Waals surface area contributed by atoms with Gasteiger partial charge in [-0.1, -0.05) is 12.1 Å². The van der Waals surface area contributed by atoms with E-state index in [1.807, 2.05) is 0 Å². The molecule has 0 bridgehead atoms. The van der Waals surface area contributed by atoms with Crippen molar-refractivity contribution in [3.63, 3.8) is 0 Å². The molecule has 20 heavy (non-hydrogen) atoms. The van der Waals surface area contributed by atoms with Crippen LogP contribution in [-0.4, -0.2) is 24.2 Å². The lowest BCUT2D eigenvalue weighted by Gasteiger charge is -2.08. The van der Waals surface area contributed by atoms with Crippen LogP contribution in [0.5, 0.6) is 11.5 Å². The van der Waals surface area contributed by atoms with Crippen molar-refractivity contribution in [2.45, 2.75) is 0 Å². The number of carbonyl (C=O) groups is 1. The van der Waals surface area contributed by atoms with E-state index >= 15 is 0 Å². The second-order valence-corrected chi connectivity index (χ2v) is 4.17. The Labute approximate surface area is 117 Å². The molecule has 0 heterocycles. The Morgan fingerprint density at radius 3 is 2.75 bits per heavy atom. The standard InChI is InChI=1S/C15H16N2O3/c16-7-8-20-14-6-2-4-12(10-14)17-15(19)11-3-1-5-13(18)9-11/h1-6,9-10,18H,7-8,16H2,(H,17,19). The Morgan fingerprint density at radius 1 is 1.20 bits per heavy atom. The van der Waals surface area contributed by atoms with E-state index in [0.29, 0.717) is 30.2 Å². The van der Waals surface area contributed by atoms with E-state index < -0.39 is 0 Å². The van der Waals surface area contributed by atoms with Crippen LogP contribution < -0.4 is 15.8 Å². The van der Waals surface area contributed by atoms with Gasteiger partial charge < -0.3 is 20.9 Å². The Bertz CT molecular complexity index is 599. The Hall–Kier alpha value is -2.53. The van der Waals surface area contributed by atoms with Gasteiger partial charge in [-0.2, -0.15) is 0 Å². The molecule has 2 aromatic rings. The van der Waals surface area contributed by atoms with E-state index in [9.17, 15) is 9.90 Å². The van der Waals surface area contributed by atoms with Crippen molar-refractivity contribution in [3.05, 3.63) is 54.1 Å². The maximum Gasteiger partial charge on any atom is 0.255 e. The molecule has 1 amide bonds. The van der Waals surface area contributed by atoms with Crippen LogP contribution in [0.15, 0.2) is 48.5 Å². The maximum absolute atomic E-state index is 12.0. The van der Waals surface area contributed by atoms with Crippen LogP contribution in [0.3, 0.4) is 0 Å². The number of phenols is 1. The highest BCUT2D eigenvalue weighted by Gasteiger charge is 2.07. The first-order valence-corrected chi connectivity index (χ1v) is 6.22. The number of rotatable bonds is 5. The maximum atomic E-state index is 12.0. The van der Waals surface area contributed by atoms with E-state index in [1.165, 1.54) is 12.1 Å². The molecule has 0 spiro atoms. The third-order valence-corrected chi connectivity index (χ3v) is 2.59. The van der Waals surface area contributed by atoms with Gasteiger partial charge in [-0.25, -0.2) is 0 Å². The number of benzene rings is 2. The summed E-state index contributed by atoms with van der Waals surface area (Å²) < 4.78 is 5.39. The summed E-state index contributed by atoms with van der Waals surface area (Å²) in [6, 6.07) is 13.2. The van der Waals surface area contributed by atoms with Gasteiger partial charge in [-0.3, -0.25) is 4.79 Å². The van der Waals surface area contributed by atoms with Gasteiger partial charge >= 0.3 is 0 Å². The minimum absolute atomic E-state index is 0.0534. The van der Waals surface area contributed by atoms with Crippen molar-refractivity contribution >= 4 is 11.6 Å². The first kappa shape index (κ1) is 13.9. The fourth-order valence-corrected chi connectivity index (χ4v) is 1.69. The molecular formula is C15H16N2O3. The number of nitrogens with one attached hydrogen (secondary N) is 1. The molecule has 0 aliphatic carbocycles. The minimum atomic E-state index is -0.295. The van der Waals surface area contributed by atoms with Gasteiger partial charge in [0.15, 0.2) is 0 Å². The molecule has 4 N–H and O–H groups in total. The number of hydrogen-bond acceptors (Lipinski definition) is 4. The number of anilines is 1. The molecule has 104 valence electrons. The van der Waals surface area contributed by atoms with Gasteiger partial charge in [0.25, 0.3) is 5.91 Å². The SMILES string of the molecule is NCCOc1cccc(NC(=O)c2cccc(O)c2)c1. The molecule has 5 heteroatoms. The number of aromatic hydroxyl groups is 1. The van der Waals surface area contributed by atoms with E-state index in [-0.39, 0.29) is 11.7 Å². The topological polar surface area (TPSA) is 84.6 Å². The van der Waals surface area contributed by atoms with Gasteiger partial charge in [0.05, 0.1) is 0 Å². The van der Waals surface area contributed by atoms with Gasteiger partial charge in [0.1, 0.15) is 18.1 Å². The molecule has 0 saturated heterocycles. The Morgan fingerprint density at radius 2 is 2.00 bits per heavy atom. The Kier molecular flexibility index (Phi) is 4.57. The van der Waals surface area contributed by atoms with Gasteiger partial charge in [0.2, 0.25) is 0 Å². The Balaban J connectivity index is 2.07. The highest BCUT2D eigenvalue weighted by molar-refractivity contribution is 6.04. The molecule has 0 atom stereocenters. The lowest BCUT2D eigenvalue weighted by atomic mass is 10.2. The zero-order valence-corrected chi connectivity index (χ0v) is 10.9. The van der Waals surface area contributed by atoms with Crippen molar-refractivity contribution in [1.29, 1.82) is 0 Å². The molecule has 0 saturated carbocycles. The lowest BCUT2D eigenvalue weighted by Crippen LogP contribution is -2.12. The number of hydrogen-bond donors (Lipinski definition) is 3. The summed E-state index contributed by atoms with van der Waals surface area (Å²) in [7, 11) is 0. The second kappa shape index (κ2) is 6.58. The van der Waals surface area contributed by atoms with Crippen molar-refractivity contribution in [3.8, 4) is 11.5 Å². The van der Waals surface area contributed by atoms with E-state index in [2.05, 4.69) is 5.32 Å². The molecule has 0 fully saturated rings. The summed E-state index contributed by atoms with van der Waals surface area (Å²) in [5, 5.41) is 12.1. The van der Waals surface area contributed by atoms with Crippen LogP contribution in [0.2, 0.25) is 0 Å². The van der Waals surface area contributed by atoms with E-state index in [1.54, 1.807) is 36.4 Å². The van der Waals surface area contributed by atoms with Gasteiger partial charge in [-0.05, 0) is 30.3 Å². The molecule has 2 rings (SSSR count). The second-order valence-electron chi connectivity index (χ2n) is 4.17. The average molecular weight is 272 g/mol. The van der Waals surface area contributed by atoms with E-state index in [0.717, 1.165) is 0 Å². The summed E-state index contributed by atoms with van der Waals surface area (Å²) in [6.07, 6.45) is 0. The van der Waals surface area contributed by atoms with Crippen LogP contribution in [-0.2, 0) is 0 Å². The van der Waals surface area contributed by atoms with Crippen molar-refractivity contribution < 1.29 is 14.6 Å². The first-order chi connectivity index (χ1) is 9.69. The fraction of sp³-hybridized carbons (Fsp3) is 0.133. The number of ether oxygens (including phenoxy) is 1. The summed E-state index contributed by atoms with van der Waals surface area (Å²) in [5.41, 5.74) is 6.37. The molecule has 5 nitrogen and oxygen atoms in total. The first-order valence-electron chi connectivity index (χ1n) is 6.22.